The highest BCUT2D eigenvalue weighted by Crippen LogP contribution is 2.19. The summed E-state index contributed by atoms with van der Waals surface area (Å²) in [4.78, 5) is 16.0. The molecule has 2 N–H and O–H groups in total. The summed E-state index contributed by atoms with van der Waals surface area (Å²) in [6.45, 7) is -0.197. The van der Waals surface area contributed by atoms with Crippen molar-refractivity contribution in [1.29, 1.82) is 0 Å². The number of hydrogen-bond acceptors (Lipinski definition) is 7. The van der Waals surface area contributed by atoms with Crippen LogP contribution >= 0.6 is 11.6 Å². The first kappa shape index (κ1) is 17.7. The molecule has 3 rings (SSSR count). The van der Waals surface area contributed by atoms with Crippen molar-refractivity contribution in [2.45, 2.75) is 13.2 Å². The van der Waals surface area contributed by atoms with Crippen LogP contribution < -0.4 is 10.5 Å². The SMILES string of the molecule is Nc1cc(Cl)ccc1C(=O)OCc1nc(COc2ccc(F)cc2)no1. The second-order valence-corrected chi connectivity index (χ2v) is 5.59. The summed E-state index contributed by atoms with van der Waals surface area (Å²) in [7, 11) is 0. The van der Waals surface area contributed by atoms with Crippen LogP contribution in [0.2, 0.25) is 5.02 Å². The Morgan fingerprint density at radius 3 is 2.69 bits per heavy atom. The minimum Gasteiger partial charge on any atom is -0.485 e. The van der Waals surface area contributed by atoms with Crippen molar-refractivity contribution in [1.82, 2.24) is 10.1 Å². The van der Waals surface area contributed by atoms with Crippen LogP contribution in [0.15, 0.2) is 47.0 Å². The minimum absolute atomic E-state index is 0.0210. The molecule has 0 aliphatic carbocycles. The van der Waals surface area contributed by atoms with Crippen LogP contribution in [0, 0.1) is 5.82 Å². The van der Waals surface area contributed by atoms with Gasteiger partial charge in [0, 0.05) is 10.7 Å². The van der Waals surface area contributed by atoms with E-state index in [2.05, 4.69) is 10.1 Å². The maximum Gasteiger partial charge on any atom is 0.340 e. The third-order valence-corrected chi connectivity index (χ3v) is 3.49. The van der Waals surface area contributed by atoms with Crippen LogP contribution in [-0.2, 0) is 18.0 Å². The predicted molar refractivity (Wildman–Crippen MR) is 90.0 cm³/mol. The lowest BCUT2D eigenvalue weighted by Crippen LogP contribution is -2.08. The van der Waals surface area contributed by atoms with E-state index in [1.165, 1.54) is 42.5 Å². The lowest BCUT2D eigenvalue weighted by atomic mass is 10.2. The number of nitrogens with two attached hydrogens (primary N) is 1. The number of nitrogens with zero attached hydrogens (tertiary/aromatic N) is 2. The van der Waals surface area contributed by atoms with Gasteiger partial charge in [0.2, 0.25) is 5.82 Å². The van der Waals surface area contributed by atoms with Crippen LogP contribution in [0.3, 0.4) is 0 Å². The maximum atomic E-state index is 12.8. The fraction of sp³-hybridized carbons (Fsp3) is 0.118. The Hall–Kier alpha value is -3.13. The largest absolute Gasteiger partial charge is 0.485 e. The van der Waals surface area contributed by atoms with Gasteiger partial charge in [-0.2, -0.15) is 4.98 Å². The van der Waals surface area contributed by atoms with Gasteiger partial charge in [-0.3, -0.25) is 0 Å². The molecule has 0 atom stereocenters. The second kappa shape index (κ2) is 7.83. The fourth-order valence-electron chi connectivity index (χ4n) is 2.01. The number of hydrogen-bond donors (Lipinski definition) is 1. The molecule has 2 aromatic carbocycles. The second-order valence-electron chi connectivity index (χ2n) is 5.15. The van der Waals surface area contributed by atoms with Gasteiger partial charge in [-0.1, -0.05) is 16.8 Å². The van der Waals surface area contributed by atoms with E-state index in [0.29, 0.717) is 10.8 Å². The molecule has 26 heavy (non-hydrogen) atoms. The highest BCUT2D eigenvalue weighted by atomic mass is 35.5. The van der Waals surface area contributed by atoms with E-state index in [-0.39, 0.29) is 42.0 Å². The third-order valence-electron chi connectivity index (χ3n) is 3.25. The number of carbonyl (C=O) groups excluding carboxylic acids is 1. The molecule has 7 nitrogen and oxygen atoms in total. The summed E-state index contributed by atoms with van der Waals surface area (Å²) in [5.74, 6) is -0.179. The van der Waals surface area contributed by atoms with Crippen molar-refractivity contribution in [3.05, 3.63) is 70.6 Å². The van der Waals surface area contributed by atoms with Crippen LogP contribution in [0.5, 0.6) is 5.75 Å². The zero-order valence-electron chi connectivity index (χ0n) is 13.3. The Labute approximate surface area is 152 Å². The maximum absolute atomic E-state index is 12.8. The zero-order valence-corrected chi connectivity index (χ0v) is 14.1. The fourth-order valence-corrected chi connectivity index (χ4v) is 2.19. The molecule has 1 heterocycles. The smallest absolute Gasteiger partial charge is 0.340 e. The number of rotatable bonds is 6. The lowest BCUT2D eigenvalue weighted by Gasteiger charge is -2.05. The van der Waals surface area contributed by atoms with Crippen molar-refractivity contribution < 1.29 is 23.2 Å². The first-order valence-corrected chi connectivity index (χ1v) is 7.81. The van der Waals surface area contributed by atoms with Crippen LogP contribution in [0.1, 0.15) is 22.1 Å². The molecule has 1 aromatic heterocycles. The average molecular weight is 378 g/mol. The molecule has 0 spiro atoms. The van der Waals surface area contributed by atoms with Gasteiger partial charge in [-0.25, -0.2) is 9.18 Å². The minimum atomic E-state index is -0.638. The lowest BCUT2D eigenvalue weighted by molar-refractivity contribution is 0.0431. The van der Waals surface area contributed by atoms with Crippen LogP contribution in [0.4, 0.5) is 10.1 Å². The van der Waals surface area contributed by atoms with E-state index >= 15 is 0 Å². The van der Waals surface area contributed by atoms with E-state index in [1.54, 1.807) is 0 Å². The number of aromatic nitrogens is 2. The summed E-state index contributed by atoms with van der Waals surface area (Å²) in [6, 6.07) is 9.97. The number of anilines is 1. The van der Waals surface area contributed by atoms with Crippen molar-refractivity contribution in [3.8, 4) is 5.75 Å². The van der Waals surface area contributed by atoms with E-state index in [9.17, 15) is 9.18 Å². The van der Waals surface area contributed by atoms with Gasteiger partial charge in [0.25, 0.3) is 5.89 Å². The molecule has 0 aliphatic heterocycles. The number of esters is 1. The highest BCUT2D eigenvalue weighted by molar-refractivity contribution is 6.31. The van der Waals surface area contributed by atoms with Crippen LogP contribution in [-0.4, -0.2) is 16.1 Å². The summed E-state index contributed by atoms with van der Waals surface area (Å²) in [6.07, 6.45) is 0. The normalized spacial score (nSPS) is 10.5. The summed E-state index contributed by atoms with van der Waals surface area (Å²) in [5, 5.41) is 4.13. The number of ether oxygens (including phenoxy) is 2. The molecular formula is C17H13ClFN3O4. The van der Waals surface area contributed by atoms with Crippen molar-refractivity contribution in [2.75, 3.05) is 5.73 Å². The molecule has 0 bridgehead atoms. The Bertz CT molecular complexity index is 915. The molecule has 134 valence electrons. The summed E-state index contributed by atoms with van der Waals surface area (Å²) >= 11 is 5.78. The first-order chi connectivity index (χ1) is 12.5. The number of carbonyl (C=O) groups is 1. The van der Waals surface area contributed by atoms with E-state index < -0.39 is 5.97 Å². The monoisotopic (exact) mass is 377 g/mol. The van der Waals surface area contributed by atoms with Gasteiger partial charge in [0.15, 0.2) is 13.2 Å². The first-order valence-electron chi connectivity index (χ1n) is 7.43. The predicted octanol–water partition coefficient (Wildman–Crippen LogP) is 3.38. The van der Waals surface area contributed by atoms with Crippen LogP contribution in [0.25, 0.3) is 0 Å². The quantitative estimate of drug-likeness (QED) is 0.519. The number of benzene rings is 2. The Balaban J connectivity index is 1.53. The number of halogens is 2. The molecule has 0 fully saturated rings. The highest BCUT2D eigenvalue weighted by Gasteiger charge is 2.14. The van der Waals surface area contributed by atoms with E-state index in [4.69, 9.17) is 31.3 Å². The third kappa shape index (κ3) is 4.48. The molecule has 0 unspecified atom stereocenters. The van der Waals surface area contributed by atoms with E-state index in [1.807, 2.05) is 0 Å². The van der Waals surface area contributed by atoms with Gasteiger partial charge in [-0.15, -0.1) is 0 Å². The van der Waals surface area contributed by atoms with Crippen molar-refractivity contribution in [2.24, 2.45) is 0 Å². The number of nitrogen functional groups attached to an aromatic ring is 1. The summed E-state index contributed by atoms with van der Waals surface area (Å²) in [5.41, 5.74) is 6.12. The Morgan fingerprint density at radius 1 is 1.19 bits per heavy atom. The average Bonchev–Trinajstić information content (AvgIpc) is 3.07. The molecule has 9 heteroatoms. The molecule has 3 aromatic rings. The standard InChI is InChI=1S/C17H13ClFN3O4/c18-10-1-6-13(14(20)7-10)17(23)25-9-16-21-15(22-26-16)8-24-12-4-2-11(19)3-5-12/h1-7H,8-9,20H2. The molecule has 0 aliphatic rings. The van der Waals surface area contributed by atoms with Gasteiger partial charge in [0.1, 0.15) is 11.6 Å². The molecule has 0 radical (unpaired) electrons. The van der Waals surface area contributed by atoms with E-state index in [0.717, 1.165) is 0 Å². The molecule has 0 amide bonds. The Kier molecular flexibility index (Phi) is 5.33. The van der Waals surface area contributed by atoms with Gasteiger partial charge >= 0.3 is 5.97 Å². The van der Waals surface area contributed by atoms with Gasteiger partial charge < -0.3 is 19.7 Å². The van der Waals surface area contributed by atoms with Gasteiger partial charge in [-0.05, 0) is 42.5 Å². The summed E-state index contributed by atoms with van der Waals surface area (Å²) < 4.78 is 28.3. The topological polar surface area (TPSA) is 100 Å². The van der Waals surface area contributed by atoms with Gasteiger partial charge in [0.05, 0.1) is 5.56 Å². The zero-order chi connectivity index (χ0) is 18.5. The molecule has 0 saturated heterocycles. The van der Waals surface area contributed by atoms with Crippen molar-refractivity contribution in [3.63, 3.8) is 0 Å². The molecular weight excluding hydrogens is 365 g/mol. The molecule has 0 saturated carbocycles. The Morgan fingerprint density at radius 2 is 1.96 bits per heavy atom. The van der Waals surface area contributed by atoms with Crippen molar-refractivity contribution >= 4 is 23.3 Å².